The monoisotopic (exact) mass is 496 g/mol. The molecule has 4 rings (SSSR count). The van der Waals surface area contributed by atoms with Crippen LogP contribution in [0, 0.1) is 35.5 Å². The zero-order valence-corrected chi connectivity index (χ0v) is 19.3. The molecular weight excluding hydrogens is 468 g/mol. The maximum atomic E-state index is 12.7. The number of aliphatic hydroxyl groups is 1. The molecule has 0 radical (unpaired) electrons. The van der Waals surface area contributed by atoms with Gasteiger partial charge in [0.25, 0.3) is 0 Å². The normalized spacial score (nSPS) is 35.3. The summed E-state index contributed by atoms with van der Waals surface area (Å²) in [5, 5.41) is 19.8. The molecule has 0 aromatic carbocycles. The van der Waals surface area contributed by atoms with Crippen LogP contribution >= 0.6 is 0 Å². The summed E-state index contributed by atoms with van der Waals surface area (Å²) in [5.74, 6) is -6.65. The number of fused-ring (bicyclic) bond motifs is 2. The van der Waals surface area contributed by atoms with Crippen LogP contribution in [-0.4, -0.2) is 67.7 Å². The number of methoxy groups -OCH3 is 2. The van der Waals surface area contributed by atoms with Crippen LogP contribution in [0.5, 0.6) is 0 Å². The van der Waals surface area contributed by atoms with E-state index in [4.69, 9.17) is 28.4 Å². The van der Waals surface area contributed by atoms with Gasteiger partial charge >= 0.3 is 23.9 Å². The number of hydrogen-bond acceptors (Lipinski definition) is 11. The predicted molar refractivity (Wildman–Crippen MR) is 111 cm³/mol. The summed E-state index contributed by atoms with van der Waals surface area (Å²) in [5.41, 5.74) is 0.405. The van der Waals surface area contributed by atoms with E-state index in [9.17, 15) is 29.4 Å². The number of carboxylic acid groups (broad SMARTS) is 1. The highest BCUT2D eigenvalue weighted by atomic mass is 16.7. The molecule has 2 N–H and O–H groups in total. The second-order valence-electron chi connectivity index (χ2n) is 8.99. The van der Waals surface area contributed by atoms with Gasteiger partial charge in [0.1, 0.15) is 0 Å². The Balaban J connectivity index is 1.34. The van der Waals surface area contributed by atoms with Crippen molar-refractivity contribution in [3.63, 3.8) is 0 Å². The fraction of sp³-hybridized carbons (Fsp3) is 0.652. The van der Waals surface area contributed by atoms with Gasteiger partial charge in [0.2, 0.25) is 19.4 Å². The lowest BCUT2D eigenvalue weighted by Gasteiger charge is -2.34. The van der Waals surface area contributed by atoms with Crippen molar-refractivity contribution in [1.29, 1.82) is 0 Å². The molecule has 2 aliphatic carbocycles. The van der Waals surface area contributed by atoms with Crippen LogP contribution in [0.15, 0.2) is 23.7 Å². The second-order valence-corrected chi connectivity index (χ2v) is 8.99. The minimum atomic E-state index is -1.30. The van der Waals surface area contributed by atoms with Gasteiger partial charge in [-0.05, 0) is 25.7 Å². The summed E-state index contributed by atoms with van der Waals surface area (Å²) in [6.45, 7) is -0.674. The topological polar surface area (TPSA) is 164 Å². The molecule has 0 aromatic rings. The highest BCUT2D eigenvalue weighted by Gasteiger charge is 2.52. The molecule has 8 atom stereocenters. The van der Waals surface area contributed by atoms with Gasteiger partial charge in [0.15, 0.2) is 0 Å². The summed E-state index contributed by atoms with van der Waals surface area (Å²) >= 11 is 0. The molecule has 12 nitrogen and oxygen atoms in total. The third kappa shape index (κ3) is 4.59. The lowest BCUT2D eigenvalue weighted by atomic mass is 9.83. The van der Waals surface area contributed by atoms with Crippen LogP contribution < -0.4 is 0 Å². The Morgan fingerprint density at radius 3 is 2.17 bits per heavy atom. The van der Waals surface area contributed by atoms with Gasteiger partial charge < -0.3 is 38.6 Å². The Labute approximate surface area is 200 Å². The molecule has 4 aliphatic rings. The average Bonchev–Trinajstić information content (AvgIpc) is 3.49. The first kappa shape index (κ1) is 25.0. The maximum absolute atomic E-state index is 12.7. The van der Waals surface area contributed by atoms with E-state index in [1.807, 2.05) is 0 Å². The third-order valence-electron chi connectivity index (χ3n) is 7.44. The number of aliphatic carboxylic acids is 1. The van der Waals surface area contributed by atoms with E-state index in [1.54, 1.807) is 0 Å². The second kappa shape index (κ2) is 10.2. The van der Waals surface area contributed by atoms with Crippen molar-refractivity contribution in [1.82, 2.24) is 0 Å². The number of carboxylic acids is 1. The van der Waals surface area contributed by atoms with Gasteiger partial charge in [0.05, 0.1) is 42.6 Å². The van der Waals surface area contributed by atoms with Gasteiger partial charge in [-0.15, -0.1) is 0 Å². The summed E-state index contributed by atoms with van der Waals surface area (Å²) in [7, 11) is 2.64. The summed E-state index contributed by atoms with van der Waals surface area (Å²) < 4.78 is 30.8. The molecule has 0 bridgehead atoms. The van der Waals surface area contributed by atoms with Crippen LogP contribution in [0.3, 0.4) is 0 Å². The quantitative estimate of drug-likeness (QED) is 0.375. The van der Waals surface area contributed by atoms with Crippen molar-refractivity contribution in [2.24, 2.45) is 35.5 Å². The number of carbonyl (C=O) groups excluding carboxylic acids is 3. The molecule has 2 heterocycles. The minimum Gasteiger partial charge on any atom is -0.481 e. The zero-order valence-electron chi connectivity index (χ0n) is 19.3. The molecule has 0 saturated heterocycles. The number of esters is 3. The third-order valence-corrected chi connectivity index (χ3v) is 7.44. The minimum absolute atomic E-state index is 0.160. The fourth-order valence-electron chi connectivity index (χ4n) is 5.82. The van der Waals surface area contributed by atoms with Crippen molar-refractivity contribution in [2.45, 2.75) is 38.3 Å². The molecule has 2 fully saturated rings. The number of hydrogen-bond donors (Lipinski definition) is 2. The number of carbonyl (C=O) groups is 4. The number of rotatable bonds is 7. The first-order valence-electron chi connectivity index (χ1n) is 11.3. The lowest BCUT2D eigenvalue weighted by Crippen LogP contribution is -2.40. The highest BCUT2D eigenvalue weighted by molar-refractivity contribution is 5.90. The van der Waals surface area contributed by atoms with E-state index in [0.717, 1.165) is 6.26 Å². The molecule has 12 heteroatoms. The van der Waals surface area contributed by atoms with Crippen molar-refractivity contribution in [3.8, 4) is 0 Å². The van der Waals surface area contributed by atoms with E-state index in [1.165, 1.54) is 20.5 Å². The number of ether oxygens (including phenoxy) is 6. The van der Waals surface area contributed by atoms with Crippen LogP contribution in [0.25, 0.3) is 0 Å². The van der Waals surface area contributed by atoms with Crippen LogP contribution in [0.1, 0.15) is 25.7 Å². The lowest BCUT2D eigenvalue weighted by molar-refractivity contribution is -0.180. The molecular formula is C23H28O12. The van der Waals surface area contributed by atoms with E-state index in [2.05, 4.69) is 0 Å². The Kier molecular flexibility index (Phi) is 7.31. The molecule has 0 spiro atoms. The van der Waals surface area contributed by atoms with E-state index in [0.29, 0.717) is 25.7 Å². The van der Waals surface area contributed by atoms with Crippen molar-refractivity contribution < 1.29 is 57.8 Å². The van der Waals surface area contributed by atoms with Crippen molar-refractivity contribution in [3.05, 3.63) is 23.7 Å². The van der Waals surface area contributed by atoms with Crippen LogP contribution in [0.4, 0.5) is 0 Å². The first-order valence-corrected chi connectivity index (χ1v) is 11.3. The van der Waals surface area contributed by atoms with Gasteiger partial charge in [-0.2, -0.15) is 0 Å². The number of aliphatic hydroxyl groups excluding tert-OH is 1. The zero-order chi connectivity index (χ0) is 25.3. The van der Waals surface area contributed by atoms with Gasteiger partial charge in [-0.25, -0.2) is 9.59 Å². The van der Waals surface area contributed by atoms with E-state index >= 15 is 0 Å². The smallest absolute Gasteiger partial charge is 0.340 e. The fourth-order valence-corrected chi connectivity index (χ4v) is 5.82. The highest BCUT2D eigenvalue weighted by Crippen LogP contribution is 2.48. The van der Waals surface area contributed by atoms with E-state index < -0.39 is 78.8 Å². The van der Waals surface area contributed by atoms with Crippen molar-refractivity contribution >= 4 is 23.9 Å². The average molecular weight is 496 g/mol. The standard InChI is InChI=1S/C23H28O12/c1-30-19(26)14-7-32-22(29)16-10(14)4-6-13(16)20(27)34-9-35-21(28)15-8-33-23(31-2)17-11(15)3-5-12(17)18(24)25/h7-8,10-13,16-17,22-23,29H,3-6,9H2,1-2H3,(H,24,25). The molecule has 2 saturated carbocycles. The first-order chi connectivity index (χ1) is 16.8. The summed E-state index contributed by atoms with van der Waals surface area (Å²) in [4.78, 5) is 49.0. The largest absolute Gasteiger partial charge is 0.481 e. The molecule has 0 amide bonds. The predicted octanol–water partition coefficient (Wildman–Crippen LogP) is 0.692. The molecule has 8 unspecified atom stereocenters. The molecule has 192 valence electrons. The molecule has 0 aromatic heterocycles. The summed E-state index contributed by atoms with van der Waals surface area (Å²) in [6, 6.07) is 0. The van der Waals surface area contributed by atoms with Crippen LogP contribution in [0.2, 0.25) is 0 Å². The Morgan fingerprint density at radius 2 is 1.51 bits per heavy atom. The Hall–Kier alpha value is -3.12. The Bertz CT molecular complexity index is 939. The SMILES string of the molecule is COC(=O)C1=COC(O)C2C(C(=O)OCOC(=O)C3=COC(OC)C4C(C(=O)O)CCC34)CCC12. The van der Waals surface area contributed by atoms with Crippen LogP contribution in [-0.2, 0) is 47.6 Å². The van der Waals surface area contributed by atoms with Gasteiger partial charge in [0, 0.05) is 30.8 Å². The maximum Gasteiger partial charge on any atom is 0.340 e. The van der Waals surface area contributed by atoms with Gasteiger partial charge in [-0.1, -0.05) is 0 Å². The van der Waals surface area contributed by atoms with Gasteiger partial charge in [-0.3, -0.25) is 9.59 Å². The molecule has 35 heavy (non-hydrogen) atoms. The Morgan fingerprint density at radius 1 is 0.886 bits per heavy atom. The molecule has 2 aliphatic heterocycles. The van der Waals surface area contributed by atoms with Crippen molar-refractivity contribution in [2.75, 3.05) is 21.0 Å². The summed E-state index contributed by atoms with van der Waals surface area (Å²) in [6.07, 6.45) is 1.89. The van der Waals surface area contributed by atoms with E-state index in [-0.39, 0.29) is 11.1 Å².